The lowest BCUT2D eigenvalue weighted by Gasteiger charge is -2.29. The number of nitrogens with zero attached hydrogens (tertiary/aromatic N) is 1. The van der Waals surface area contributed by atoms with Crippen molar-refractivity contribution < 1.29 is 47.2 Å². The van der Waals surface area contributed by atoms with Crippen molar-refractivity contribution >= 4 is 17.7 Å². The molecular formula is C33H45F3N2O7. The Kier molecular flexibility index (Phi) is 15.9. The van der Waals surface area contributed by atoms with Crippen LogP contribution in [-0.4, -0.2) is 78.3 Å². The van der Waals surface area contributed by atoms with E-state index in [9.17, 15) is 27.9 Å². The average molecular weight is 639 g/mol. The minimum atomic E-state index is -5.08. The summed E-state index contributed by atoms with van der Waals surface area (Å²) < 4.78 is 42.7. The molecule has 0 spiro atoms. The number of aliphatic hydroxyl groups is 1. The maximum absolute atomic E-state index is 12.8. The molecule has 0 aliphatic carbocycles. The van der Waals surface area contributed by atoms with Gasteiger partial charge in [-0.1, -0.05) is 32.4 Å². The molecule has 12 heteroatoms. The number of likely N-dealkylation sites (tertiary alicyclic amines) is 1. The van der Waals surface area contributed by atoms with Gasteiger partial charge < -0.3 is 29.9 Å². The second kappa shape index (κ2) is 19.0. The number of carbonyl (C=O) groups excluding carboxylic acids is 2. The summed E-state index contributed by atoms with van der Waals surface area (Å²) in [6.07, 6.45) is -0.597. The molecule has 0 aromatic heterocycles. The van der Waals surface area contributed by atoms with Crippen LogP contribution in [0, 0.1) is 5.92 Å². The topological polar surface area (TPSA) is 125 Å². The van der Waals surface area contributed by atoms with E-state index < -0.39 is 24.3 Å². The van der Waals surface area contributed by atoms with Gasteiger partial charge in [0.05, 0.1) is 19.8 Å². The van der Waals surface area contributed by atoms with Crippen LogP contribution in [0.3, 0.4) is 0 Å². The fourth-order valence-corrected chi connectivity index (χ4v) is 4.59. The van der Waals surface area contributed by atoms with Crippen LogP contribution in [0.1, 0.15) is 80.8 Å². The highest BCUT2D eigenvalue weighted by atomic mass is 19.4. The zero-order valence-corrected chi connectivity index (χ0v) is 26.1. The van der Waals surface area contributed by atoms with Gasteiger partial charge in [0.1, 0.15) is 17.6 Å². The number of ketones is 1. The van der Waals surface area contributed by atoms with Crippen LogP contribution in [0.2, 0.25) is 0 Å². The molecule has 1 heterocycles. The van der Waals surface area contributed by atoms with Crippen LogP contribution < -0.4 is 14.8 Å². The Balaban J connectivity index is 0.000000900. The number of carbonyl (C=O) groups is 3. The molecule has 9 nitrogen and oxygen atoms in total. The molecule has 3 N–H and O–H groups in total. The summed E-state index contributed by atoms with van der Waals surface area (Å²) in [5.41, 5.74) is 1.41. The van der Waals surface area contributed by atoms with Crippen molar-refractivity contribution in [3.63, 3.8) is 0 Å². The third-order valence-corrected chi connectivity index (χ3v) is 7.55. The number of aliphatic hydroxyl groups excluding tert-OH is 1. The van der Waals surface area contributed by atoms with Crippen LogP contribution in [0.15, 0.2) is 48.5 Å². The SMILES string of the molecule is CC[C@H](C)COc1ccc([C@@H](O)[C@@H](CN2CCCC2)NC(=O)CCCCC(=O)c2ccc(OC)cc2)cc1.O=C(O)C(F)(F)F. The van der Waals surface area contributed by atoms with Crippen LogP contribution in [0.5, 0.6) is 11.5 Å². The first-order valence-electron chi connectivity index (χ1n) is 15.2. The second-order valence-corrected chi connectivity index (χ2v) is 11.2. The molecule has 3 rings (SSSR count). The third-order valence-electron chi connectivity index (χ3n) is 7.55. The fraction of sp³-hybridized carbons (Fsp3) is 0.545. The standard InChI is InChI=1S/C31H44N2O5.C2HF3O2/c1-4-23(2)22-38-27-17-13-25(14-18-27)31(36)28(21-33-19-7-8-20-33)32-30(35)10-6-5-9-29(34)24-11-15-26(37-3)16-12-24;3-2(4,5)1(6)7/h11-18,23,28,31,36H,4-10,19-22H2,1-3H3,(H,32,35);(H,6,7)/t23-,28+,31+;/m0./s1. The number of hydrogen-bond acceptors (Lipinski definition) is 7. The van der Waals surface area contributed by atoms with E-state index in [4.69, 9.17) is 19.4 Å². The van der Waals surface area contributed by atoms with Gasteiger partial charge in [-0.3, -0.25) is 9.59 Å². The number of methoxy groups -OCH3 is 1. The molecule has 2 aromatic rings. The lowest BCUT2D eigenvalue weighted by Crippen LogP contribution is -2.46. The average Bonchev–Trinajstić information content (AvgIpc) is 3.54. The smallest absolute Gasteiger partial charge is 0.490 e. The molecule has 250 valence electrons. The van der Waals surface area contributed by atoms with Gasteiger partial charge in [0.2, 0.25) is 5.91 Å². The minimum absolute atomic E-state index is 0.0620. The van der Waals surface area contributed by atoms with E-state index in [1.54, 1.807) is 31.4 Å². The number of rotatable bonds is 16. The molecule has 45 heavy (non-hydrogen) atoms. The summed E-state index contributed by atoms with van der Waals surface area (Å²) in [6.45, 7) is 7.53. The Morgan fingerprint density at radius 2 is 1.51 bits per heavy atom. The van der Waals surface area contributed by atoms with Crippen LogP contribution in [-0.2, 0) is 9.59 Å². The number of carboxylic acid groups (broad SMARTS) is 1. The molecule has 2 aromatic carbocycles. The fourth-order valence-electron chi connectivity index (χ4n) is 4.59. The number of alkyl halides is 3. The Labute approximate surface area is 262 Å². The summed E-state index contributed by atoms with van der Waals surface area (Å²) in [5, 5.41) is 21.4. The molecule has 0 bridgehead atoms. The third kappa shape index (κ3) is 13.9. The van der Waals surface area contributed by atoms with Gasteiger partial charge in [-0.25, -0.2) is 4.79 Å². The van der Waals surface area contributed by atoms with Crippen molar-refractivity contribution in [2.24, 2.45) is 5.92 Å². The highest BCUT2D eigenvalue weighted by Crippen LogP contribution is 2.23. The number of Topliss-reactive ketones (excluding diaryl/α,β-unsaturated/α-hetero) is 1. The Hall–Kier alpha value is -3.64. The predicted octanol–water partition coefficient (Wildman–Crippen LogP) is 5.81. The summed E-state index contributed by atoms with van der Waals surface area (Å²) in [7, 11) is 1.59. The maximum Gasteiger partial charge on any atom is 0.490 e. The molecule has 0 radical (unpaired) electrons. The Morgan fingerprint density at radius 3 is 2.04 bits per heavy atom. The van der Waals surface area contributed by atoms with Crippen molar-refractivity contribution in [3.8, 4) is 11.5 Å². The molecule has 1 saturated heterocycles. The number of nitrogens with one attached hydrogen (secondary N) is 1. The number of carboxylic acids is 1. The summed E-state index contributed by atoms with van der Waals surface area (Å²) in [4.78, 5) is 36.4. The number of halogens is 3. The van der Waals surface area contributed by atoms with Gasteiger partial charge in [-0.05, 0) is 86.7 Å². The van der Waals surface area contributed by atoms with E-state index in [-0.39, 0.29) is 11.7 Å². The molecule has 1 aliphatic heterocycles. The van der Waals surface area contributed by atoms with Gasteiger partial charge in [0.25, 0.3) is 0 Å². The van der Waals surface area contributed by atoms with E-state index in [1.807, 2.05) is 24.3 Å². The summed E-state index contributed by atoms with van der Waals surface area (Å²) in [6, 6.07) is 14.2. The molecule has 1 amide bonds. The van der Waals surface area contributed by atoms with E-state index >= 15 is 0 Å². The number of benzene rings is 2. The van der Waals surface area contributed by atoms with E-state index in [0.717, 1.165) is 49.4 Å². The molecule has 1 fully saturated rings. The van der Waals surface area contributed by atoms with Crippen LogP contribution >= 0.6 is 0 Å². The van der Waals surface area contributed by atoms with Gasteiger partial charge in [0, 0.05) is 24.9 Å². The minimum Gasteiger partial charge on any atom is -0.497 e. The van der Waals surface area contributed by atoms with E-state index in [1.165, 1.54) is 0 Å². The molecular weight excluding hydrogens is 593 g/mol. The number of aliphatic carboxylic acids is 1. The van der Waals surface area contributed by atoms with Gasteiger partial charge in [-0.2, -0.15) is 13.2 Å². The zero-order valence-electron chi connectivity index (χ0n) is 26.1. The quantitative estimate of drug-likeness (QED) is 0.155. The predicted molar refractivity (Wildman–Crippen MR) is 163 cm³/mol. The van der Waals surface area contributed by atoms with Crippen LogP contribution in [0.25, 0.3) is 0 Å². The highest BCUT2D eigenvalue weighted by Gasteiger charge is 2.38. The summed E-state index contributed by atoms with van der Waals surface area (Å²) >= 11 is 0. The largest absolute Gasteiger partial charge is 0.497 e. The number of amides is 1. The molecule has 0 unspecified atom stereocenters. The zero-order chi connectivity index (χ0) is 33.4. The number of unbranched alkanes of at least 4 members (excludes halogenated alkanes) is 1. The Morgan fingerprint density at radius 1 is 0.956 bits per heavy atom. The molecule has 3 atom stereocenters. The molecule has 0 saturated carbocycles. The first kappa shape index (κ1) is 37.5. The maximum atomic E-state index is 12.8. The van der Waals surface area contributed by atoms with Gasteiger partial charge in [0.15, 0.2) is 5.78 Å². The number of hydrogen-bond donors (Lipinski definition) is 3. The van der Waals surface area contributed by atoms with Crippen molar-refractivity contribution in [2.75, 3.05) is 33.4 Å². The molecule has 1 aliphatic rings. The van der Waals surface area contributed by atoms with Crippen molar-refractivity contribution in [2.45, 2.75) is 77.1 Å². The van der Waals surface area contributed by atoms with Crippen molar-refractivity contribution in [1.82, 2.24) is 10.2 Å². The Bertz CT molecular complexity index is 1180. The number of ether oxygens (including phenoxy) is 2. The highest BCUT2D eigenvalue weighted by molar-refractivity contribution is 5.96. The van der Waals surface area contributed by atoms with Crippen molar-refractivity contribution in [1.29, 1.82) is 0 Å². The summed E-state index contributed by atoms with van der Waals surface area (Å²) in [5.74, 6) is -0.806. The van der Waals surface area contributed by atoms with Crippen molar-refractivity contribution in [3.05, 3.63) is 59.7 Å². The van der Waals surface area contributed by atoms with Gasteiger partial charge >= 0.3 is 12.1 Å². The first-order chi connectivity index (χ1) is 21.3. The second-order valence-electron chi connectivity index (χ2n) is 11.2. The first-order valence-corrected chi connectivity index (χ1v) is 15.2. The lowest BCUT2D eigenvalue weighted by atomic mass is 10.0. The van der Waals surface area contributed by atoms with Gasteiger partial charge in [-0.15, -0.1) is 0 Å². The van der Waals surface area contributed by atoms with E-state index in [0.29, 0.717) is 50.3 Å². The van der Waals surface area contributed by atoms with E-state index in [2.05, 4.69) is 24.1 Å². The monoisotopic (exact) mass is 638 g/mol. The van der Waals surface area contributed by atoms with Crippen LogP contribution in [0.4, 0.5) is 13.2 Å². The lowest BCUT2D eigenvalue weighted by molar-refractivity contribution is -0.192. The normalized spacial score (nSPS) is 15.3.